The molecular formula is C16H20ClN5O. The van der Waals surface area contributed by atoms with Crippen LogP contribution in [0.25, 0.3) is 0 Å². The molecule has 6 nitrogen and oxygen atoms in total. The molecule has 2 heterocycles. The first kappa shape index (κ1) is 16.0. The summed E-state index contributed by atoms with van der Waals surface area (Å²) in [6.45, 7) is 2.38. The molecule has 3 atom stereocenters. The fourth-order valence-corrected chi connectivity index (χ4v) is 2.83. The van der Waals surface area contributed by atoms with Crippen molar-refractivity contribution in [3.05, 3.63) is 53.3 Å². The number of nitrogens with one attached hydrogen (secondary N) is 3. The average molecular weight is 334 g/mol. The van der Waals surface area contributed by atoms with Crippen molar-refractivity contribution in [2.24, 2.45) is 5.92 Å². The van der Waals surface area contributed by atoms with E-state index in [2.05, 4.69) is 33.4 Å². The summed E-state index contributed by atoms with van der Waals surface area (Å²) < 4.78 is 1.68. The van der Waals surface area contributed by atoms with E-state index in [0.717, 1.165) is 6.42 Å². The van der Waals surface area contributed by atoms with Gasteiger partial charge in [0.1, 0.15) is 0 Å². The molecule has 0 saturated carbocycles. The third kappa shape index (κ3) is 4.10. The summed E-state index contributed by atoms with van der Waals surface area (Å²) in [5.41, 5.74) is 7.56. The smallest absolute Gasteiger partial charge is 0.225 e. The highest BCUT2D eigenvalue weighted by molar-refractivity contribution is 6.30. The highest BCUT2D eigenvalue weighted by atomic mass is 35.5. The molecule has 23 heavy (non-hydrogen) atoms. The maximum absolute atomic E-state index is 12.3. The molecule has 1 fully saturated rings. The molecular weight excluding hydrogens is 314 g/mol. The minimum Gasteiger partial charge on any atom is -0.339 e. The summed E-state index contributed by atoms with van der Waals surface area (Å²) in [6.07, 6.45) is 4.00. The average Bonchev–Trinajstić information content (AvgIpc) is 3.17. The second-order valence-corrected chi connectivity index (χ2v) is 6.27. The van der Waals surface area contributed by atoms with Crippen LogP contribution in [0, 0.1) is 5.92 Å². The fourth-order valence-electron chi connectivity index (χ4n) is 2.67. The molecule has 3 rings (SSSR count). The van der Waals surface area contributed by atoms with Crippen molar-refractivity contribution in [2.45, 2.75) is 32.1 Å². The van der Waals surface area contributed by atoms with E-state index in [0.29, 0.717) is 11.6 Å². The first-order valence-electron chi connectivity index (χ1n) is 7.66. The summed E-state index contributed by atoms with van der Waals surface area (Å²) in [4.78, 5) is 12.3. The lowest BCUT2D eigenvalue weighted by molar-refractivity contribution is -0.125. The molecule has 1 saturated heterocycles. The zero-order valence-corrected chi connectivity index (χ0v) is 13.6. The van der Waals surface area contributed by atoms with Crippen LogP contribution in [0.2, 0.25) is 5.02 Å². The van der Waals surface area contributed by atoms with Gasteiger partial charge in [0.15, 0.2) is 0 Å². The number of hydrogen-bond acceptors (Lipinski definition) is 4. The minimum absolute atomic E-state index is 0.00960. The van der Waals surface area contributed by atoms with Crippen molar-refractivity contribution < 1.29 is 4.79 Å². The van der Waals surface area contributed by atoms with E-state index in [-0.39, 0.29) is 24.0 Å². The highest BCUT2D eigenvalue weighted by Gasteiger charge is 2.27. The Morgan fingerprint density at radius 3 is 2.91 bits per heavy atom. The third-order valence-electron chi connectivity index (χ3n) is 3.93. The number of hydrogen-bond donors (Lipinski definition) is 3. The molecule has 7 heteroatoms. The van der Waals surface area contributed by atoms with Crippen LogP contribution in [0.4, 0.5) is 0 Å². The Morgan fingerprint density at radius 1 is 1.43 bits per heavy atom. The first-order chi connectivity index (χ1) is 11.1. The van der Waals surface area contributed by atoms with Crippen LogP contribution in [0.15, 0.2) is 42.7 Å². The number of aromatic nitrogens is 2. The van der Waals surface area contributed by atoms with Crippen LogP contribution in [-0.4, -0.2) is 21.9 Å². The lowest BCUT2D eigenvalue weighted by Crippen LogP contribution is -2.46. The van der Waals surface area contributed by atoms with Gasteiger partial charge in [-0.25, -0.2) is 10.9 Å². The van der Waals surface area contributed by atoms with Crippen molar-refractivity contribution in [3.63, 3.8) is 0 Å². The predicted octanol–water partition coefficient (Wildman–Crippen LogP) is 1.85. The highest BCUT2D eigenvalue weighted by Crippen LogP contribution is 2.21. The van der Waals surface area contributed by atoms with Gasteiger partial charge in [0, 0.05) is 18.7 Å². The van der Waals surface area contributed by atoms with Gasteiger partial charge in [-0.05, 0) is 5.56 Å². The zero-order valence-electron chi connectivity index (χ0n) is 12.9. The van der Waals surface area contributed by atoms with Gasteiger partial charge in [-0.3, -0.25) is 9.48 Å². The van der Waals surface area contributed by atoms with E-state index in [1.165, 1.54) is 5.56 Å². The van der Waals surface area contributed by atoms with E-state index in [1.54, 1.807) is 17.1 Å². The van der Waals surface area contributed by atoms with Gasteiger partial charge in [0.2, 0.25) is 5.91 Å². The number of nitrogens with zero attached hydrogens (tertiary/aromatic N) is 2. The molecule has 122 valence electrons. The molecule has 1 aromatic carbocycles. The topological polar surface area (TPSA) is 71.0 Å². The van der Waals surface area contributed by atoms with Gasteiger partial charge >= 0.3 is 0 Å². The van der Waals surface area contributed by atoms with E-state index in [4.69, 9.17) is 11.6 Å². The molecule has 0 radical (unpaired) electrons. The molecule has 1 aliphatic rings. The lowest BCUT2D eigenvalue weighted by Gasteiger charge is -2.16. The van der Waals surface area contributed by atoms with Crippen LogP contribution in [0.3, 0.4) is 0 Å². The Balaban J connectivity index is 1.50. The Hall–Kier alpha value is -1.89. The number of hydrazine groups is 1. The van der Waals surface area contributed by atoms with Crippen LogP contribution >= 0.6 is 11.6 Å². The van der Waals surface area contributed by atoms with Gasteiger partial charge in [0.25, 0.3) is 0 Å². The van der Waals surface area contributed by atoms with E-state index < -0.39 is 0 Å². The molecule has 2 aromatic rings. The van der Waals surface area contributed by atoms with Crippen molar-refractivity contribution >= 4 is 17.5 Å². The van der Waals surface area contributed by atoms with Gasteiger partial charge in [-0.2, -0.15) is 5.10 Å². The Labute approximate surface area is 140 Å². The quantitative estimate of drug-likeness (QED) is 0.781. The molecule has 0 bridgehead atoms. The van der Waals surface area contributed by atoms with Crippen LogP contribution in [0.5, 0.6) is 0 Å². The minimum atomic E-state index is -0.191. The number of carbonyl (C=O) groups is 1. The standard InChI is InChI=1S/C16H20ClN5O/c1-11(9-22-10-13(17)8-18-22)16(23)19-15-7-14(20-21-15)12-5-3-2-4-6-12/h2-6,8,10-11,14-15,20-21H,7,9H2,1H3,(H,19,23). The SMILES string of the molecule is CC(Cn1cc(Cl)cn1)C(=O)NC1CC(c2ccccc2)NN1. The zero-order chi connectivity index (χ0) is 16.2. The van der Waals surface area contributed by atoms with Crippen LogP contribution in [0.1, 0.15) is 24.9 Å². The molecule has 3 unspecified atom stereocenters. The summed E-state index contributed by atoms with van der Waals surface area (Å²) in [6, 6.07) is 10.4. The van der Waals surface area contributed by atoms with Gasteiger partial charge in [-0.15, -0.1) is 0 Å². The van der Waals surface area contributed by atoms with Crippen LogP contribution < -0.4 is 16.2 Å². The van der Waals surface area contributed by atoms with E-state index >= 15 is 0 Å². The number of carbonyl (C=O) groups excluding carboxylic acids is 1. The molecule has 0 spiro atoms. The Kier molecular flexibility index (Phi) is 4.95. The molecule has 1 aliphatic heterocycles. The molecule has 1 aromatic heterocycles. The summed E-state index contributed by atoms with van der Waals surface area (Å²) >= 11 is 5.83. The second-order valence-electron chi connectivity index (χ2n) is 5.83. The number of amides is 1. The maximum Gasteiger partial charge on any atom is 0.225 e. The Bertz CT molecular complexity index is 660. The molecule has 0 aliphatic carbocycles. The fraction of sp³-hybridized carbons (Fsp3) is 0.375. The Morgan fingerprint density at radius 2 is 2.22 bits per heavy atom. The normalized spacial score (nSPS) is 22.0. The van der Waals surface area contributed by atoms with Crippen molar-refractivity contribution in [2.75, 3.05) is 0 Å². The summed E-state index contributed by atoms with van der Waals surface area (Å²) in [5.74, 6) is -0.201. The predicted molar refractivity (Wildman–Crippen MR) is 88.4 cm³/mol. The number of benzene rings is 1. The number of rotatable bonds is 5. The second kappa shape index (κ2) is 7.12. The molecule has 1 amide bonds. The maximum atomic E-state index is 12.3. The van der Waals surface area contributed by atoms with Crippen LogP contribution in [-0.2, 0) is 11.3 Å². The third-order valence-corrected chi connectivity index (χ3v) is 4.13. The molecule has 3 N–H and O–H groups in total. The monoisotopic (exact) mass is 333 g/mol. The van der Waals surface area contributed by atoms with E-state index in [1.807, 2.05) is 25.1 Å². The van der Waals surface area contributed by atoms with Gasteiger partial charge in [0.05, 0.1) is 29.8 Å². The summed E-state index contributed by atoms with van der Waals surface area (Å²) in [7, 11) is 0. The van der Waals surface area contributed by atoms with Gasteiger partial charge < -0.3 is 5.32 Å². The van der Waals surface area contributed by atoms with Gasteiger partial charge in [-0.1, -0.05) is 48.9 Å². The largest absolute Gasteiger partial charge is 0.339 e. The van der Waals surface area contributed by atoms with Crippen molar-refractivity contribution in [3.8, 4) is 0 Å². The van der Waals surface area contributed by atoms with E-state index in [9.17, 15) is 4.79 Å². The summed E-state index contributed by atoms with van der Waals surface area (Å²) in [5, 5.41) is 7.69. The number of halogens is 1. The lowest BCUT2D eigenvalue weighted by atomic mass is 10.0. The van der Waals surface area contributed by atoms with Crippen molar-refractivity contribution in [1.29, 1.82) is 0 Å². The van der Waals surface area contributed by atoms with Crippen molar-refractivity contribution in [1.82, 2.24) is 25.9 Å². The first-order valence-corrected chi connectivity index (χ1v) is 8.04.